The van der Waals surface area contributed by atoms with Gasteiger partial charge in [-0.05, 0) is 12.1 Å². The molecule has 0 spiro atoms. The first-order chi connectivity index (χ1) is 8.54. The monoisotopic (exact) mass is 252 g/mol. The van der Waals surface area contributed by atoms with Crippen LogP contribution in [0.5, 0.6) is 5.75 Å². The van der Waals surface area contributed by atoms with Gasteiger partial charge in [0.2, 0.25) is 0 Å². The van der Waals surface area contributed by atoms with Crippen LogP contribution in [0.4, 0.5) is 10.5 Å². The molecule has 0 atom stereocenters. The van der Waals surface area contributed by atoms with Gasteiger partial charge in [-0.2, -0.15) is 0 Å². The third-order valence-electron chi connectivity index (χ3n) is 2.36. The van der Waals surface area contributed by atoms with Crippen molar-refractivity contribution in [1.29, 1.82) is 0 Å². The van der Waals surface area contributed by atoms with Crippen molar-refractivity contribution in [2.75, 3.05) is 26.0 Å². The van der Waals surface area contributed by atoms with Crippen molar-refractivity contribution >= 4 is 17.7 Å². The molecule has 6 nitrogen and oxygen atoms in total. The molecule has 6 heteroatoms. The van der Waals surface area contributed by atoms with Gasteiger partial charge in [-0.1, -0.05) is 12.1 Å². The maximum Gasteiger partial charge on any atom is 0.321 e. The molecule has 0 unspecified atom stereocenters. The fourth-order valence-electron chi connectivity index (χ4n) is 1.32. The highest BCUT2D eigenvalue weighted by atomic mass is 16.5. The molecule has 0 radical (unpaired) electrons. The van der Waals surface area contributed by atoms with E-state index in [1.165, 1.54) is 19.1 Å². The van der Waals surface area contributed by atoms with Gasteiger partial charge in [-0.15, -0.1) is 0 Å². The zero-order chi connectivity index (χ0) is 13.5. The van der Waals surface area contributed by atoms with Crippen LogP contribution in [-0.4, -0.2) is 42.7 Å². The summed E-state index contributed by atoms with van der Waals surface area (Å²) in [4.78, 5) is 23.5. The van der Waals surface area contributed by atoms with Crippen molar-refractivity contribution in [3.8, 4) is 5.75 Å². The number of carbonyl (C=O) groups is 2. The van der Waals surface area contributed by atoms with Crippen molar-refractivity contribution in [2.24, 2.45) is 0 Å². The predicted octanol–water partition coefficient (Wildman–Crippen LogP) is 1.63. The van der Waals surface area contributed by atoms with Crippen LogP contribution < -0.4 is 10.1 Å². The molecule has 0 aliphatic rings. The molecule has 0 bridgehead atoms. The van der Waals surface area contributed by atoms with Gasteiger partial charge in [-0.25, -0.2) is 4.79 Å². The molecule has 98 valence electrons. The average Bonchev–Trinajstić information content (AvgIpc) is 2.36. The smallest absolute Gasteiger partial charge is 0.321 e. The minimum absolute atomic E-state index is 0.0875. The number of anilines is 1. The predicted molar refractivity (Wildman–Crippen MR) is 66.9 cm³/mol. The first kappa shape index (κ1) is 13.8. The number of para-hydroxylation sites is 2. The number of carboxylic acids is 1. The SMILES string of the molecule is COc1ccccc1NC(=O)N(C)CCC(=O)O. The van der Waals surface area contributed by atoms with Gasteiger partial charge in [0.05, 0.1) is 19.2 Å². The lowest BCUT2D eigenvalue weighted by molar-refractivity contribution is -0.137. The Morgan fingerprint density at radius 3 is 2.67 bits per heavy atom. The minimum Gasteiger partial charge on any atom is -0.495 e. The molecule has 1 rings (SSSR count). The second-order valence-corrected chi connectivity index (χ2v) is 3.70. The van der Waals surface area contributed by atoms with Crippen LogP contribution in [0, 0.1) is 0 Å². The van der Waals surface area contributed by atoms with Gasteiger partial charge in [0, 0.05) is 13.6 Å². The number of methoxy groups -OCH3 is 1. The lowest BCUT2D eigenvalue weighted by Crippen LogP contribution is -2.33. The summed E-state index contributed by atoms with van der Waals surface area (Å²) in [6.45, 7) is 0.149. The molecule has 1 aromatic carbocycles. The number of rotatable bonds is 5. The van der Waals surface area contributed by atoms with Gasteiger partial charge >= 0.3 is 12.0 Å². The summed E-state index contributed by atoms with van der Waals surface area (Å²) in [5.41, 5.74) is 0.548. The Bertz CT molecular complexity index is 434. The summed E-state index contributed by atoms with van der Waals surface area (Å²) < 4.78 is 5.10. The molecule has 0 saturated heterocycles. The number of benzene rings is 1. The molecule has 0 aromatic heterocycles. The number of urea groups is 1. The highest BCUT2D eigenvalue weighted by Crippen LogP contribution is 2.23. The Morgan fingerprint density at radius 1 is 1.39 bits per heavy atom. The van der Waals surface area contributed by atoms with Gasteiger partial charge < -0.3 is 20.1 Å². The molecule has 0 fully saturated rings. The topological polar surface area (TPSA) is 78.9 Å². The lowest BCUT2D eigenvalue weighted by atomic mass is 10.3. The maximum atomic E-state index is 11.8. The fraction of sp³-hybridized carbons (Fsp3) is 0.333. The first-order valence-electron chi connectivity index (χ1n) is 5.41. The molecular weight excluding hydrogens is 236 g/mol. The number of nitrogens with one attached hydrogen (secondary N) is 1. The van der Waals surface area contributed by atoms with Crippen LogP contribution in [0.15, 0.2) is 24.3 Å². The Labute approximate surface area is 105 Å². The van der Waals surface area contributed by atoms with Crippen molar-refractivity contribution in [3.05, 3.63) is 24.3 Å². The Hall–Kier alpha value is -2.24. The molecule has 1 aromatic rings. The van der Waals surface area contributed by atoms with E-state index in [0.717, 1.165) is 0 Å². The van der Waals surface area contributed by atoms with Crippen LogP contribution in [0.3, 0.4) is 0 Å². The van der Waals surface area contributed by atoms with E-state index in [1.807, 2.05) is 0 Å². The first-order valence-corrected chi connectivity index (χ1v) is 5.41. The number of hydrogen-bond donors (Lipinski definition) is 2. The summed E-state index contributed by atoms with van der Waals surface area (Å²) in [6.07, 6.45) is -0.0875. The van der Waals surface area contributed by atoms with Crippen LogP contribution in [0.2, 0.25) is 0 Å². The summed E-state index contributed by atoms with van der Waals surface area (Å²) in [7, 11) is 3.05. The number of aliphatic carboxylic acids is 1. The Morgan fingerprint density at radius 2 is 2.06 bits per heavy atom. The number of hydrogen-bond acceptors (Lipinski definition) is 3. The normalized spacial score (nSPS) is 9.67. The largest absolute Gasteiger partial charge is 0.495 e. The molecular formula is C12H16N2O4. The number of ether oxygens (including phenoxy) is 1. The Balaban J connectivity index is 2.60. The van der Waals surface area contributed by atoms with E-state index in [9.17, 15) is 9.59 Å². The second kappa shape index (κ2) is 6.48. The van der Waals surface area contributed by atoms with E-state index in [4.69, 9.17) is 9.84 Å². The number of carboxylic acid groups (broad SMARTS) is 1. The summed E-state index contributed by atoms with van der Waals surface area (Å²) in [5, 5.41) is 11.2. The second-order valence-electron chi connectivity index (χ2n) is 3.70. The number of amides is 2. The molecule has 0 aliphatic heterocycles. The maximum absolute atomic E-state index is 11.8. The van der Waals surface area contributed by atoms with Crippen LogP contribution in [0.25, 0.3) is 0 Å². The van der Waals surface area contributed by atoms with E-state index in [2.05, 4.69) is 5.32 Å². The van der Waals surface area contributed by atoms with Crippen molar-refractivity contribution < 1.29 is 19.4 Å². The standard InChI is InChI=1S/C12H16N2O4/c1-14(8-7-11(15)16)12(17)13-9-5-3-4-6-10(9)18-2/h3-6H,7-8H2,1-2H3,(H,13,17)(H,15,16). The van der Waals surface area contributed by atoms with E-state index >= 15 is 0 Å². The quantitative estimate of drug-likeness (QED) is 0.834. The van der Waals surface area contributed by atoms with Crippen LogP contribution >= 0.6 is 0 Å². The summed E-state index contributed by atoms with van der Waals surface area (Å²) in [5.74, 6) is -0.385. The average molecular weight is 252 g/mol. The van der Waals surface area contributed by atoms with Crippen molar-refractivity contribution in [3.63, 3.8) is 0 Å². The summed E-state index contributed by atoms with van der Waals surface area (Å²) in [6, 6.07) is 6.63. The third kappa shape index (κ3) is 3.97. The van der Waals surface area contributed by atoms with Crippen molar-refractivity contribution in [2.45, 2.75) is 6.42 Å². The van der Waals surface area contributed by atoms with E-state index in [0.29, 0.717) is 11.4 Å². The van der Waals surface area contributed by atoms with Crippen molar-refractivity contribution in [1.82, 2.24) is 4.90 Å². The van der Waals surface area contributed by atoms with Gasteiger partial charge in [-0.3, -0.25) is 4.79 Å². The highest BCUT2D eigenvalue weighted by molar-refractivity contribution is 5.91. The van der Waals surface area contributed by atoms with Gasteiger partial charge in [0.15, 0.2) is 0 Å². The van der Waals surface area contributed by atoms with E-state index in [-0.39, 0.29) is 19.0 Å². The minimum atomic E-state index is -0.938. The fourth-order valence-corrected chi connectivity index (χ4v) is 1.32. The van der Waals surface area contributed by atoms with Crippen LogP contribution in [-0.2, 0) is 4.79 Å². The van der Waals surface area contributed by atoms with E-state index in [1.54, 1.807) is 24.3 Å². The highest BCUT2D eigenvalue weighted by Gasteiger charge is 2.12. The zero-order valence-electron chi connectivity index (χ0n) is 10.3. The van der Waals surface area contributed by atoms with Gasteiger partial charge in [0.1, 0.15) is 5.75 Å². The lowest BCUT2D eigenvalue weighted by Gasteiger charge is -2.18. The molecule has 2 amide bonds. The Kier molecular flexibility index (Phi) is 4.98. The third-order valence-corrected chi connectivity index (χ3v) is 2.36. The molecule has 0 saturated carbocycles. The summed E-state index contributed by atoms with van der Waals surface area (Å²) >= 11 is 0. The van der Waals surface area contributed by atoms with E-state index < -0.39 is 5.97 Å². The number of nitrogens with zero attached hydrogens (tertiary/aromatic N) is 1. The van der Waals surface area contributed by atoms with Crippen LogP contribution in [0.1, 0.15) is 6.42 Å². The molecule has 18 heavy (non-hydrogen) atoms. The molecule has 2 N–H and O–H groups in total. The molecule has 0 heterocycles. The zero-order valence-corrected chi connectivity index (χ0v) is 10.3. The number of carbonyl (C=O) groups excluding carboxylic acids is 1. The van der Waals surface area contributed by atoms with Gasteiger partial charge in [0.25, 0.3) is 0 Å². The molecule has 0 aliphatic carbocycles.